The minimum Gasteiger partial charge on any atom is -0.298 e. The van der Waals surface area contributed by atoms with Crippen molar-refractivity contribution in [3.8, 4) is 0 Å². The van der Waals surface area contributed by atoms with Gasteiger partial charge in [-0.1, -0.05) is 19.1 Å². The molecular weight excluding hydrogens is 152 g/mol. The zero-order chi connectivity index (χ0) is 8.97. The first kappa shape index (κ1) is 8.65. The van der Waals surface area contributed by atoms with Gasteiger partial charge in [0, 0.05) is 11.1 Å². The van der Waals surface area contributed by atoms with E-state index in [0.29, 0.717) is 11.1 Å². The number of rotatable bonds is 3. The van der Waals surface area contributed by atoms with E-state index in [1.807, 2.05) is 13.0 Å². The Kier molecular flexibility index (Phi) is 2.75. The summed E-state index contributed by atoms with van der Waals surface area (Å²) >= 11 is 0. The molecule has 0 aliphatic heterocycles. The molecule has 0 saturated heterocycles. The second-order valence-corrected chi connectivity index (χ2v) is 2.55. The van der Waals surface area contributed by atoms with Crippen molar-refractivity contribution in [1.82, 2.24) is 0 Å². The molecule has 62 valence electrons. The average molecular weight is 162 g/mol. The highest BCUT2D eigenvalue weighted by Crippen LogP contribution is 2.09. The molecule has 0 spiro atoms. The minimum atomic E-state index is 0.550. The van der Waals surface area contributed by atoms with Crippen LogP contribution in [0.2, 0.25) is 0 Å². The van der Waals surface area contributed by atoms with Gasteiger partial charge < -0.3 is 0 Å². The Balaban J connectivity index is 3.18. The third-order valence-corrected chi connectivity index (χ3v) is 1.81. The van der Waals surface area contributed by atoms with E-state index < -0.39 is 0 Å². The molecule has 0 aliphatic carbocycles. The maximum Gasteiger partial charge on any atom is 0.150 e. The Bertz CT molecular complexity index is 303. The Hall–Kier alpha value is -1.44. The van der Waals surface area contributed by atoms with Crippen LogP contribution in [-0.2, 0) is 6.42 Å². The molecule has 0 aromatic heterocycles. The molecule has 1 rings (SSSR count). The van der Waals surface area contributed by atoms with Crippen LogP contribution < -0.4 is 0 Å². The van der Waals surface area contributed by atoms with Crippen LogP contribution in [0.1, 0.15) is 33.2 Å². The molecule has 0 atom stereocenters. The minimum absolute atomic E-state index is 0.550. The molecular formula is C10H10O2. The summed E-state index contributed by atoms with van der Waals surface area (Å²) in [6.07, 6.45) is 2.34. The quantitative estimate of drug-likeness (QED) is 0.636. The van der Waals surface area contributed by atoms with Crippen molar-refractivity contribution in [3.63, 3.8) is 0 Å². The van der Waals surface area contributed by atoms with E-state index in [1.165, 1.54) is 0 Å². The van der Waals surface area contributed by atoms with E-state index in [2.05, 4.69) is 0 Å². The molecule has 12 heavy (non-hydrogen) atoms. The molecule has 0 radical (unpaired) electrons. The molecule has 0 bridgehead atoms. The smallest absolute Gasteiger partial charge is 0.150 e. The topological polar surface area (TPSA) is 34.1 Å². The zero-order valence-corrected chi connectivity index (χ0v) is 6.91. The van der Waals surface area contributed by atoms with Crippen LogP contribution in [-0.4, -0.2) is 12.6 Å². The number of carbonyl (C=O) groups excluding carboxylic acids is 2. The first-order valence-electron chi connectivity index (χ1n) is 3.85. The average Bonchev–Trinajstić information content (AvgIpc) is 2.16. The summed E-state index contributed by atoms with van der Waals surface area (Å²) in [6.45, 7) is 1.98. The summed E-state index contributed by atoms with van der Waals surface area (Å²) in [7, 11) is 0. The molecule has 0 fully saturated rings. The largest absolute Gasteiger partial charge is 0.298 e. The lowest BCUT2D eigenvalue weighted by Gasteiger charge is -2.00. The lowest BCUT2D eigenvalue weighted by Crippen LogP contribution is -1.92. The Morgan fingerprint density at radius 2 is 2.00 bits per heavy atom. The van der Waals surface area contributed by atoms with Gasteiger partial charge in [-0.15, -0.1) is 0 Å². The van der Waals surface area contributed by atoms with Crippen LogP contribution in [0.15, 0.2) is 18.2 Å². The van der Waals surface area contributed by atoms with E-state index in [1.54, 1.807) is 12.1 Å². The predicted molar refractivity (Wildman–Crippen MR) is 46.6 cm³/mol. The van der Waals surface area contributed by atoms with Crippen molar-refractivity contribution < 1.29 is 9.59 Å². The fraction of sp³-hybridized carbons (Fsp3) is 0.200. The van der Waals surface area contributed by atoms with Crippen molar-refractivity contribution in [2.75, 3.05) is 0 Å². The van der Waals surface area contributed by atoms with E-state index in [-0.39, 0.29) is 0 Å². The molecule has 0 heterocycles. The number of aryl methyl sites for hydroxylation is 1. The summed E-state index contributed by atoms with van der Waals surface area (Å²) < 4.78 is 0. The van der Waals surface area contributed by atoms with E-state index in [0.717, 1.165) is 24.6 Å². The monoisotopic (exact) mass is 162 g/mol. The molecule has 0 saturated carbocycles. The maximum absolute atomic E-state index is 10.5. The molecule has 1 aromatic rings. The second-order valence-electron chi connectivity index (χ2n) is 2.55. The zero-order valence-electron chi connectivity index (χ0n) is 6.91. The van der Waals surface area contributed by atoms with E-state index in [9.17, 15) is 9.59 Å². The summed E-state index contributed by atoms with van der Waals surface area (Å²) in [6, 6.07) is 5.14. The molecule has 0 amide bonds. The van der Waals surface area contributed by atoms with Crippen LogP contribution in [0.3, 0.4) is 0 Å². The first-order chi connectivity index (χ1) is 5.81. The molecule has 0 unspecified atom stereocenters. The van der Waals surface area contributed by atoms with Gasteiger partial charge in [-0.3, -0.25) is 9.59 Å². The first-order valence-corrected chi connectivity index (χ1v) is 3.85. The second kappa shape index (κ2) is 3.81. The molecule has 2 heteroatoms. The Morgan fingerprint density at radius 3 is 2.50 bits per heavy atom. The van der Waals surface area contributed by atoms with E-state index in [4.69, 9.17) is 0 Å². The highest BCUT2D eigenvalue weighted by molar-refractivity contribution is 5.83. The summed E-state index contributed by atoms with van der Waals surface area (Å²) in [5, 5.41) is 0. The van der Waals surface area contributed by atoms with Crippen LogP contribution in [0.5, 0.6) is 0 Å². The van der Waals surface area contributed by atoms with Gasteiger partial charge in [0.15, 0.2) is 0 Å². The number of aldehydes is 2. The van der Waals surface area contributed by atoms with Crippen LogP contribution in [0, 0.1) is 0 Å². The van der Waals surface area contributed by atoms with E-state index >= 15 is 0 Å². The molecule has 2 nitrogen and oxygen atoms in total. The van der Waals surface area contributed by atoms with Gasteiger partial charge in [-0.05, 0) is 18.1 Å². The number of hydrogen-bond acceptors (Lipinski definition) is 2. The van der Waals surface area contributed by atoms with Gasteiger partial charge >= 0.3 is 0 Å². The lowest BCUT2D eigenvalue weighted by molar-refractivity contribution is 0.112. The summed E-state index contributed by atoms with van der Waals surface area (Å²) in [5.41, 5.74) is 2.15. The van der Waals surface area contributed by atoms with Crippen molar-refractivity contribution in [1.29, 1.82) is 0 Å². The third-order valence-electron chi connectivity index (χ3n) is 1.81. The highest BCUT2D eigenvalue weighted by Gasteiger charge is 1.99. The standard InChI is InChI=1S/C10H10O2/c1-2-9-4-3-8(6-11)5-10(9)7-12/h3-7H,2H2,1H3. The lowest BCUT2D eigenvalue weighted by atomic mass is 10.0. The van der Waals surface area contributed by atoms with Gasteiger partial charge in [0.05, 0.1) is 0 Å². The fourth-order valence-electron chi connectivity index (χ4n) is 1.12. The van der Waals surface area contributed by atoms with Crippen molar-refractivity contribution in [3.05, 3.63) is 34.9 Å². The van der Waals surface area contributed by atoms with Gasteiger partial charge in [-0.2, -0.15) is 0 Å². The molecule has 0 aliphatic rings. The van der Waals surface area contributed by atoms with Crippen molar-refractivity contribution in [2.24, 2.45) is 0 Å². The predicted octanol–water partition coefficient (Wildman–Crippen LogP) is 1.87. The number of hydrogen-bond donors (Lipinski definition) is 0. The maximum atomic E-state index is 10.5. The van der Waals surface area contributed by atoms with Gasteiger partial charge in [0.2, 0.25) is 0 Å². The number of carbonyl (C=O) groups is 2. The SMILES string of the molecule is CCc1ccc(C=O)cc1C=O. The van der Waals surface area contributed by atoms with Gasteiger partial charge in [0.1, 0.15) is 12.6 Å². The molecule has 1 aromatic carbocycles. The molecule has 0 N–H and O–H groups in total. The van der Waals surface area contributed by atoms with Crippen LogP contribution in [0.25, 0.3) is 0 Å². The van der Waals surface area contributed by atoms with Crippen molar-refractivity contribution in [2.45, 2.75) is 13.3 Å². The number of benzene rings is 1. The van der Waals surface area contributed by atoms with Crippen LogP contribution in [0.4, 0.5) is 0 Å². The Morgan fingerprint density at radius 1 is 1.25 bits per heavy atom. The highest BCUT2D eigenvalue weighted by atomic mass is 16.1. The normalized spacial score (nSPS) is 9.42. The Labute approximate surface area is 71.2 Å². The summed E-state index contributed by atoms with van der Waals surface area (Å²) in [4.78, 5) is 20.9. The van der Waals surface area contributed by atoms with Gasteiger partial charge in [-0.25, -0.2) is 0 Å². The van der Waals surface area contributed by atoms with Crippen LogP contribution >= 0.6 is 0 Å². The third kappa shape index (κ3) is 1.59. The van der Waals surface area contributed by atoms with Gasteiger partial charge in [0.25, 0.3) is 0 Å². The summed E-state index contributed by atoms with van der Waals surface area (Å²) in [5.74, 6) is 0. The van der Waals surface area contributed by atoms with Crippen molar-refractivity contribution >= 4 is 12.6 Å². The fourth-order valence-corrected chi connectivity index (χ4v) is 1.12.